The highest BCUT2D eigenvalue weighted by Crippen LogP contribution is 2.17. The molecule has 1 aliphatic rings. The van der Waals surface area contributed by atoms with Crippen molar-refractivity contribution >= 4 is 21.4 Å². The zero-order valence-electron chi connectivity index (χ0n) is 9.30. The van der Waals surface area contributed by atoms with Gasteiger partial charge in [0.05, 0.1) is 17.6 Å². The van der Waals surface area contributed by atoms with Gasteiger partial charge in [-0.05, 0) is 30.5 Å². The first kappa shape index (κ1) is 12.8. The molecule has 0 aliphatic carbocycles. The number of nitrogens with zero attached hydrogens (tertiary/aromatic N) is 1. The van der Waals surface area contributed by atoms with Gasteiger partial charge in [-0.15, -0.1) is 0 Å². The van der Waals surface area contributed by atoms with Gasteiger partial charge in [-0.1, -0.05) is 11.6 Å². The number of sulfone groups is 1. The first-order valence-corrected chi connectivity index (χ1v) is 7.67. The summed E-state index contributed by atoms with van der Waals surface area (Å²) in [6.07, 6.45) is 3.15. The molecular weight excluding hydrogens is 262 g/mol. The lowest BCUT2D eigenvalue weighted by Crippen LogP contribution is -2.21. The zero-order valence-corrected chi connectivity index (χ0v) is 10.9. The first-order chi connectivity index (χ1) is 8.05. The second-order valence-corrected chi connectivity index (χ2v) is 6.67. The van der Waals surface area contributed by atoms with Crippen LogP contribution in [-0.2, 0) is 20.3 Å². The quantitative estimate of drug-likeness (QED) is 0.787. The van der Waals surface area contributed by atoms with E-state index >= 15 is 0 Å². The van der Waals surface area contributed by atoms with Crippen LogP contribution in [0.2, 0.25) is 5.15 Å². The van der Waals surface area contributed by atoms with E-state index in [1.807, 2.05) is 0 Å². The Morgan fingerprint density at radius 1 is 1.53 bits per heavy atom. The summed E-state index contributed by atoms with van der Waals surface area (Å²) in [5.74, 6) is 0.0854. The standard InChI is InChI=1S/C11H14ClNO3S/c12-11-6-9(3-4-13-11)7-17(14,15)8-10-2-1-5-16-10/h3-4,6,10H,1-2,5,7-8H2/t10-/m1/s1. The molecular formula is C11H14ClNO3S. The largest absolute Gasteiger partial charge is 0.377 e. The van der Waals surface area contributed by atoms with Gasteiger partial charge in [-0.25, -0.2) is 13.4 Å². The summed E-state index contributed by atoms with van der Waals surface area (Å²) in [5.41, 5.74) is 0.669. The molecule has 2 heterocycles. The Labute approximate surface area is 106 Å². The van der Waals surface area contributed by atoms with Crippen molar-refractivity contribution < 1.29 is 13.2 Å². The maximum absolute atomic E-state index is 11.9. The Bertz CT molecular complexity index is 483. The van der Waals surface area contributed by atoms with Crippen molar-refractivity contribution in [2.24, 2.45) is 0 Å². The molecule has 0 aromatic carbocycles. The average Bonchev–Trinajstić information content (AvgIpc) is 2.68. The summed E-state index contributed by atoms with van der Waals surface area (Å²) < 4.78 is 29.2. The van der Waals surface area contributed by atoms with Crippen molar-refractivity contribution in [1.82, 2.24) is 4.98 Å². The van der Waals surface area contributed by atoms with Crippen LogP contribution in [0.15, 0.2) is 18.3 Å². The fourth-order valence-corrected chi connectivity index (χ4v) is 3.74. The normalized spacial score (nSPS) is 20.6. The highest BCUT2D eigenvalue weighted by molar-refractivity contribution is 7.90. The molecule has 17 heavy (non-hydrogen) atoms. The summed E-state index contributed by atoms with van der Waals surface area (Å²) in [6.45, 7) is 0.668. The molecule has 1 saturated heterocycles. The lowest BCUT2D eigenvalue weighted by Gasteiger charge is -2.10. The average molecular weight is 276 g/mol. The number of aromatic nitrogens is 1. The van der Waals surface area contributed by atoms with Gasteiger partial charge in [0.15, 0.2) is 9.84 Å². The molecule has 0 amide bonds. The van der Waals surface area contributed by atoms with E-state index in [-0.39, 0.29) is 17.6 Å². The Balaban J connectivity index is 2.01. The Kier molecular flexibility index (Phi) is 4.01. The van der Waals surface area contributed by atoms with Crippen LogP contribution < -0.4 is 0 Å². The van der Waals surface area contributed by atoms with Crippen LogP contribution in [0, 0.1) is 0 Å². The summed E-state index contributed by atoms with van der Waals surface area (Å²) in [5, 5.41) is 0.315. The van der Waals surface area contributed by atoms with E-state index in [4.69, 9.17) is 16.3 Å². The second kappa shape index (κ2) is 5.33. The molecule has 94 valence electrons. The maximum Gasteiger partial charge on any atom is 0.156 e. The number of hydrogen-bond acceptors (Lipinski definition) is 4. The SMILES string of the molecule is O=S(=O)(Cc1ccnc(Cl)c1)C[C@H]1CCCO1. The predicted octanol–water partition coefficient (Wildman–Crippen LogP) is 1.83. The van der Waals surface area contributed by atoms with Gasteiger partial charge in [0.2, 0.25) is 0 Å². The van der Waals surface area contributed by atoms with Crippen molar-refractivity contribution in [3.8, 4) is 0 Å². The van der Waals surface area contributed by atoms with E-state index < -0.39 is 9.84 Å². The molecule has 0 unspecified atom stereocenters. The third-order valence-electron chi connectivity index (χ3n) is 2.64. The maximum atomic E-state index is 11.9. The molecule has 0 spiro atoms. The van der Waals surface area contributed by atoms with Crippen molar-refractivity contribution in [3.05, 3.63) is 29.0 Å². The zero-order chi connectivity index (χ0) is 12.3. The molecule has 0 N–H and O–H groups in total. The van der Waals surface area contributed by atoms with E-state index in [1.54, 1.807) is 12.1 Å². The molecule has 0 bridgehead atoms. The Morgan fingerprint density at radius 3 is 3.00 bits per heavy atom. The minimum atomic E-state index is -3.15. The minimum absolute atomic E-state index is 0.00486. The van der Waals surface area contributed by atoms with Gasteiger partial charge < -0.3 is 4.74 Å². The fourth-order valence-electron chi connectivity index (χ4n) is 1.90. The van der Waals surface area contributed by atoms with Crippen LogP contribution in [0.3, 0.4) is 0 Å². The smallest absolute Gasteiger partial charge is 0.156 e. The topological polar surface area (TPSA) is 56.3 Å². The third-order valence-corrected chi connectivity index (χ3v) is 4.50. The van der Waals surface area contributed by atoms with Crippen molar-refractivity contribution in [2.45, 2.75) is 24.7 Å². The lowest BCUT2D eigenvalue weighted by atomic mass is 10.3. The van der Waals surface area contributed by atoms with E-state index in [2.05, 4.69) is 4.98 Å². The van der Waals surface area contributed by atoms with Gasteiger partial charge in [-0.2, -0.15) is 0 Å². The van der Waals surface area contributed by atoms with Crippen LogP contribution >= 0.6 is 11.6 Å². The molecule has 1 atom stereocenters. The van der Waals surface area contributed by atoms with Crippen molar-refractivity contribution in [3.63, 3.8) is 0 Å². The third kappa shape index (κ3) is 3.94. The molecule has 1 aromatic rings. The molecule has 0 saturated carbocycles. The molecule has 1 aliphatic heterocycles. The second-order valence-electron chi connectivity index (χ2n) is 4.18. The molecule has 4 nitrogen and oxygen atoms in total. The van der Waals surface area contributed by atoms with Crippen molar-refractivity contribution in [1.29, 1.82) is 0 Å². The number of halogens is 1. The molecule has 1 aromatic heterocycles. The number of pyridine rings is 1. The van der Waals surface area contributed by atoms with Crippen LogP contribution in [0.1, 0.15) is 18.4 Å². The highest BCUT2D eigenvalue weighted by Gasteiger charge is 2.23. The van der Waals surface area contributed by atoms with Crippen molar-refractivity contribution in [2.75, 3.05) is 12.4 Å². The summed E-state index contributed by atoms with van der Waals surface area (Å²) in [7, 11) is -3.15. The molecule has 1 fully saturated rings. The summed E-state index contributed by atoms with van der Waals surface area (Å²) in [4.78, 5) is 3.82. The monoisotopic (exact) mass is 275 g/mol. The molecule has 2 rings (SSSR count). The van der Waals surface area contributed by atoms with Crippen LogP contribution in [-0.4, -0.2) is 31.9 Å². The van der Waals surface area contributed by atoms with Crippen LogP contribution in [0.25, 0.3) is 0 Å². The van der Waals surface area contributed by atoms with Gasteiger partial charge in [0, 0.05) is 12.8 Å². The Hall–Kier alpha value is -0.650. The van der Waals surface area contributed by atoms with E-state index in [9.17, 15) is 8.42 Å². The summed E-state index contributed by atoms with van der Waals surface area (Å²) in [6, 6.07) is 3.24. The Morgan fingerprint density at radius 2 is 2.35 bits per heavy atom. The highest BCUT2D eigenvalue weighted by atomic mass is 35.5. The minimum Gasteiger partial charge on any atom is -0.377 e. The van der Waals surface area contributed by atoms with E-state index in [0.717, 1.165) is 12.8 Å². The summed E-state index contributed by atoms with van der Waals surface area (Å²) >= 11 is 5.71. The lowest BCUT2D eigenvalue weighted by molar-refractivity contribution is 0.127. The number of hydrogen-bond donors (Lipinski definition) is 0. The number of rotatable bonds is 4. The van der Waals surface area contributed by atoms with Gasteiger partial charge >= 0.3 is 0 Å². The fraction of sp³-hybridized carbons (Fsp3) is 0.545. The molecule has 6 heteroatoms. The van der Waals surface area contributed by atoms with Gasteiger partial charge in [-0.3, -0.25) is 0 Å². The first-order valence-electron chi connectivity index (χ1n) is 5.48. The molecule has 0 radical (unpaired) electrons. The van der Waals surface area contributed by atoms with E-state index in [1.165, 1.54) is 6.20 Å². The van der Waals surface area contributed by atoms with E-state index in [0.29, 0.717) is 17.3 Å². The van der Waals surface area contributed by atoms with Crippen LogP contribution in [0.4, 0.5) is 0 Å². The predicted molar refractivity (Wildman–Crippen MR) is 65.7 cm³/mol. The van der Waals surface area contributed by atoms with Gasteiger partial charge in [0.1, 0.15) is 5.15 Å². The van der Waals surface area contributed by atoms with Gasteiger partial charge in [0.25, 0.3) is 0 Å². The number of ether oxygens (including phenoxy) is 1. The van der Waals surface area contributed by atoms with Crippen LogP contribution in [0.5, 0.6) is 0 Å².